The molecule has 1 amide bonds. The number of hydrogen-bond acceptors (Lipinski definition) is 24. The number of carbonyl (C=O) groups is 1. The largest absolute Gasteiger partial charge is 0.394 e. The van der Waals surface area contributed by atoms with Crippen LogP contribution in [0.15, 0.2) is 0 Å². The van der Waals surface area contributed by atoms with Gasteiger partial charge in [-0.15, -0.1) is 0 Å². The van der Waals surface area contributed by atoms with E-state index in [9.17, 15) is 76.3 Å². The van der Waals surface area contributed by atoms with E-state index in [-0.39, 0.29) is 0 Å². The molecule has 0 bridgehead atoms. The molecule has 15 N–H and O–H groups in total. The van der Waals surface area contributed by atoms with Gasteiger partial charge in [-0.2, -0.15) is 0 Å². The van der Waals surface area contributed by atoms with Gasteiger partial charge in [-0.3, -0.25) is 4.79 Å². The Balaban J connectivity index is 1.54. The SMILES string of the molecule is CC(=O)N[C@H]1[C@H](O[C@@H]2[C@H](O)[C@@H](O)[C@H](O)O[C@@H]2CO)O[C@H](CO)[C@@H](O[C@@H]2O[C@H](CO)[C@H](O)[C@H](O)[C@H]2O[C@@H]2O[C@@H](C)[C@@H](O)[C@@H](O)[C@@H]2O)[C@@H]1O[C@@H]1O[C@@H](C)[C@@H](O)[C@@H](O)[C@@H]1O. The Labute approximate surface area is 324 Å². The number of nitrogens with one attached hydrogen (secondary N) is 1. The lowest BCUT2D eigenvalue weighted by molar-refractivity contribution is -0.398. The van der Waals surface area contributed by atoms with Crippen molar-refractivity contribution < 1.29 is 119 Å². The predicted octanol–water partition coefficient (Wildman–Crippen LogP) is -9.73. The van der Waals surface area contributed by atoms with Crippen LogP contribution in [0.3, 0.4) is 0 Å². The third kappa shape index (κ3) is 9.71. The second-order valence-corrected chi connectivity index (χ2v) is 14.7. The second kappa shape index (κ2) is 19.5. The molecule has 25 atom stereocenters. The van der Waals surface area contributed by atoms with Crippen LogP contribution in [0.4, 0.5) is 0 Å². The fourth-order valence-corrected chi connectivity index (χ4v) is 7.30. The molecule has 0 spiro atoms. The molecule has 0 saturated carbocycles. The number of rotatable bonds is 12. The minimum atomic E-state index is -2.01. The standard InChI is InChI=1S/C32H55NO24/c1-7-14(38)17(41)22(46)30(49-7)56-26-13(33-9(3)37)29(54-24-11(5-35)51-28(48)21(45)20(24)44)53-12(6-36)25(26)55-32-27(19(43)16(40)10(4-34)52-32)57-31-23(47)18(42)15(39)8(2)50-31/h7-8,10-32,34-36,38-48H,4-6H2,1-3H3,(H,33,37)/t7-,8-,10+,11+,12+,13+,14+,15+,16-,17+,18+,19-,20+,21+,22-,23-,24-,25+,26+,27+,28+,29-,30-,31-,32-/m0/s1. The molecule has 0 aromatic rings. The monoisotopic (exact) mass is 837 g/mol. The molecule has 332 valence electrons. The molecule has 25 nitrogen and oxygen atoms in total. The molecule has 5 aliphatic heterocycles. The minimum absolute atomic E-state index is 0.803. The summed E-state index contributed by atoms with van der Waals surface area (Å²) >= 11 is 0. The normalized spacial score (nSPS) is 52.3. The fourth-order valence-electron chi connectivity index (χ4n) is 7.30. The maximum Gasteiger partial charge on any atom is 0.217 e. The zero-order valence-corrected chi connectivity index (χ0v) is 30.9. The highest BCUT2D eigenvalue weighted by Crippen LogP contribution is 2.37. The van der Waals surface area contributed by atoms with Crippen molar-refractivity contribution in [2.45, 2.75) is 174 Å². The topological polar surface area (TPSA) is 395 Å². The summed E-state index contributed by atoms with van der Waals surface area (Å²) in [5.74, 6) is -0.803. The van der Waals surface area contributed by atoms with Crippen molar-refractivity contribution in [2.24, 2.45) is 0 Å². The van der Waals surface area contributed by atoms with Crippen LogP contribution in [0.1, 0.15) is 20.8 Å². The van der Waals surface area contributed by atoms with Crippen molar-refractivity contribution in [3.8, 4) is 0 Å². The summed E-state index contributed by atoms with van der Waals surface area (Å²) in [6, 6.07) is -1.69. The van der Waals surface area contributed by atoms with Crippen LogP contribution in [0.5, 0.6) is 0 Å². The number of amides is 1. The van der Waals surface area contributed by atoms with Gasteiger partial charge in [0.05, 0.1) is 32.0 Å². The van der Waals surface area contributed by atoms with E-state index in [0.717, 1.165) is 6.92 Å². The Morgan fingerprint density at radius 2 is 0.895 bits per heavy atom. The Morgan fingerprint density at radius 3 is 1.40 bits per heavy atom. The van der Waals surface area contributed by atoms with Crippen molar-refractivity contribution >= 4 is 5.91 Å². The molecular formula is C32H55NO24. The highest BCUT2D eigenvalue weighted by molar-refractivity contribution is 5.73. The Bertz CT molecular complexity index is 1290. The Kier molecular flexibility index (Phi) is 16.0. The van der Waals surface area contributed by atoms with Gasteiger partial charge >= 0.3 is 0 Å². The van der Waals surface area contributed by atoms with Crippen molar-refractivity contribution in [3.63, 3.8) is 0 Å². The summed E-state index contributed by atoms with van der Waals surface area (Å²) < 4.78 is 52.2. The lowest BCUT2D eigenvalue weighted by atomic mass is 9.93. The average Bonchev–Trinajstić information content (AvgIpc) is 3.18. The third-order valence-electron chi connectivity index (χ3n) is 10.6. The molecule has 25 heteroatoms. The molecule has 5 saturated heterocycles. The van der Waals surface area contributed by atoms with Gasteiger partial charge in [-0.05, 0) is 13.8 Å². The zero-order valence-electron chi connectivity index (χ0n) is 30.9. The molecule has 57 heavy (non-hydrogen) atoms. The molecule has 0 aromatic heterocycles. The fraction of sp³-hybridized carbons (Fsp3) is 0.969. The van der Waals surface area contributed by atoms with E-state index in [1.165, 1.54) is 13.8 Å². The van der Waals surface area contributed by atoms with E-state index in [1.54, 1.807) is 0 Å². The van der Waals surface area contributed by atoms with Crippen LogP contribution in [0.25, 0.3) is 0 Å². The van der Waals surface area contributed by atoms with E-state index >= 15 is 0 Å². The Morgan fingerprint density at radius 1 is 0.456 bits per heavy atom. The van der Waals surface area contributed by atoms with Crippen molar-refractivity contribution in [1.82, 2.24) is 5.32 Å². The van der Waals surface area contributed by atoms with Gasteiger partial charge < -0.3 is 119 Å². The first-order valence-corrected chi connectivity index (χ1v) is 18.3. The maximum atomic E-state index is 12.7. The van der Waals surface area contributed by atoms with Gasteiger partial charge in [0.25, 0.3) is 0 Å². The lowest BCUT2D eigenvalue weighted by Crippen LogP contribution is -2.71. The van der Waals surface area contributed by atoms with Gasteiger partial charge in [0.2, 0.25) is 5.91 Å². The molecular weight excluding hydrogens is 782 g/mol. The van der Waals surface area contributed by atoms with E-state index in [2.05, 4.69) is 5.32 Å². The molecule has 5 aliphatic rings. The molecule has 0 radical (unpaired) electrons. The first-order valence-electron chi connectivity index (χ1n) is 18.3. The second-order valence-electron chi connectivity index (χ2n) is 14.7. The van der Waals surface area contributed by atoms with Crippen LogP contribution >= 0.6 is 0 Å². The van der Waals surface area contributed by atoms with Crippen LogP contribution in [0, 0.1) is 0 Å². The summed E-state index contributed by atoms with van der Waals surface area (Å²) in [6.07, 6.45) is -42.3. The molecule has 0 aliphatic carbocycles. The highest BCUT2D eigenvalue weighted by Gasteiger charge is 2.57. The predicted molar refractivity (Wildman–Crippen MR) is 175 cm³/mol. The molecule has 0 unspecified atom stereocenters. The summed E-state index contributed by atoms with van der Waals surface area (Å²) in [5, 5.41) is 149. The van der Waals surface area contributed by atoms with Crippen molar-refractivity contribution in [3.05, 3.63) is 0 Å². The van der Waals surface area contributed by atoms with Gasteiger partial charge in [0.15, 0.2) is 31.5 Å². The summed E-state index contributed by atoms with van der Waals surface area (Å²) in [7, 11) is 0. The summed E-state index contributed by atoms with van der Waals surface area (Å²) in [6.45, 7) is 0.918. The van der Waals surface area contributed by atoms with E-state index in [4.69, 9.17) is 42.6 Å². The highest BCUT2D eigenvalue weighted by atomic mass is 16.8. The summed E-state index contributed by atoms with van der Waals surface area (Å²) in [4.78, 5) is 12.7. The molecule has 5 rings (SSSR count). The minimum Gasteiger partial charge on any atom is -0.394 e. The van der Waals surface area contributed by atoms with E-state index in [1.807, 2.05) is 0 Å². The number of ether oxygens (including phenoxy) is 9. The smallest absolute Gasteiger partial charge is 0.217 e. The first-order chi connectivity index (χ1) is 26.8. The van der Waals surface area contributed by atoms with Gasteiger partial charge in [0, 0.05) is 6.92 Å². The van der Waals surface area contributed by atoms with Crippen LogP contribution in [-0.2, 0) is 47.4 Å². The van der Waals surface area contributed by atoms with E-state index in [0.29, 0.717) is 0 Å². The summed E-state index contributed by atoms with van der Waals surface area (Å²) in [5.41, 5.74) is 0. The number of carbonyl (C=O) groups excluding carboxylic acids is 1. The third-order valence-corrected chi connectivity index (χ3v) is 10.6. The Hall–Kier alpha value is -1.45. The molecule has 5 fully saturated rings. The van der Waals surface area contributed by atoms with Crippen LogP contribution in [-0.4, -0.2) is 251 Å². The number of aliphatic hydroxyl groups excluding tert-OH is 14. The van der Waals surface area contributed by atoms with Crippen LogP contribution in [0.2, 0.25) is 0 Å². The number of aliphatic hydroxyl groups is 14. The molecule has 0 aromatic carbocycles. The first kappa shape index (κ1) is 46.6. The zero-order chi connectivity index (χ0) is 42.2. The lowest BCUT2D eigenvalue weighted by Gasteiger charge is -2.52. The maximum absolute atomic E-state index is 12.7. The van der Waals surface area contributed by atoms with Gasteiger partial charge in [-0.25, -0.2) is 0 Å². The molecule has 5 heterocycles. The van der Waals surface area contributed by atoms with Gasteiger partial charge in [0.1, 0.15) is 110 Å². The van der Waals surface area contributed by atoms with Crippen LogP contribution < -0.4 is 5.32 Å². The van der Waals surface area contributed by atoms with Gasteiger partial charge in [-0.1, -0.05) is 0 Å². The average molecular weight is 838 g/mol. The van der Waals surface area contributed by atoms with Crippen molar-refractivity contribution in [2.75, 3.05) is 19.8 Å². The number of hydrogen-bond donors (Lipinski definition) is 15. The van der Waals surface area contributed by atoms with Crippen molar-refractivity contribution in [1.29, 1.82) is 0 Å². The van der Waals surface area contributed by atoms with E-state index < -0.39 is 179 Å². The quantitative estimate of drug-likeness (QED) is 0.0867.